The van der Waals surface area contributed by atoms with Gasteiger partial charge in [-0.05, 0) is 31.0 Å². The Balaban J connectivity index is 2.63. The number of alkyl halides is 1. The van der Waals surface area contributed by atoms with Gasteiger partial charge in [0.1, 0.15) is 0 Å². The van der Waals surface area contributed by atoms with E-state index in [2.05, 4.69) is 25.2 Å². The summed E-state index contributed by atoms with van der Waals surface area (Å²) in [4.78, 5) is 0. The number of nitrogens with one attached hydrogen (secondary N) is 1. The standard InChI is InChI=1S/C11H16ClNO/c1-8-4-3-5-11(9(8)2)13-7-10(14)6-12/h3-5,10,13-14H,6-7H2,1-2H3. The fraction of sp³-hybridized carbons (Fsp3) is 0.455. The molecule has 14 heavy (non-hydrogen) atoms. The summed E-state index contributed by atoms with van der Waals surface area (Å²) >= 11 is 5.50. The highest BCUT2D eigenvalue weighted by Gasteiger charge is 2.03. The summed E-state index contributed by atoms with van der Waals surface area (Å²) in [6.07, 6.45) is -0.489. The fourth-order valence-electron chi connectivity index (χ4n) is 1.22. The van der Waals surface area contributed by atoms with Crippen LogP contribution in [0.1, 0.15) is 11.1 Å². The van der Waals surface area contributed by atoms with Crippen molar-refractivity contribution in [3.63, 3.8) is 0 Å². The molecule has 0 spiro atoms. The molecule has 2 nitrogen and oxygen atoms in total. The molecule has 2 N–H and O–H groups in total. The van der Waals surface area contributed by atoms with Gasteiger partial charge in [0.2, 0.25) is 0 Å². The lowest BCUT2D eigenvalue weighted by Gasteiger charge is -2.13. The molecule has 1 atom stereocenters. The van der Waals surface area contributed by atoms with E-state index in [4.69, 9.17) is 11.6 Å². The molecule has 3 heteroatoms. The van der Waals surface area contributed by atoms with E-state index in [0.717, 1.165) is 5.69 Å². The molecule has 0 saturated carbocycles. The van der Waals surface area contributed by atoms with Crippen LogP contribution < -0.4 is 5.32 Å². The summed E-state index contributed by atoms with van der Waals surface area (Å²) in [5.74, 6) is 0.262. The van der Waals surface area contributed by atoms with Gasteiger partial charge >= 0.3 is 0 Å². The van der Waals surface area contributed by atoms with Gasteiger partial charge in [0, 0.05) is 12.2 Å². The quantitative estimate of drug-likeness (QED) is 0.753. The highest BCUT2D eigenvalue weighted by atomic mass is 35.5. The molecule has 0 aliphatic carbocycles. The summed E-state index contributed by atoms with van der Waals surface area (Å²) in [6.45, 7) is 4.62. The van der Waals surface area contributed by atoms with E-state index in [1.807, 2.05) is 12.1 Å². The van der Waals surface area contributed by atoms with Crippen molar-refractivity contribution in [2.24, 2.45) is 0 Å². The lowest BCUT2D eigenvalue weighted by Crippen LogP contribution is -2.21. The summed E-state index contributed by atoms with van der Waals surface area (Å²) in [5, 5.41) is 12.5. The first-order valence-electron chi connectivity index (χ1n) is 4.69. The van der Waals surface area contributed by atoms with Gasteiger partial charge in [-0.2, -0.15) is 0 Å². The van der Waals surface area contributed by atoms with Gasteiger partial charge in [-0.3, -0.25) is 0 Å². The van der Waals surface area contributed by atoms with E-state index >= 15 is 0 Å². The number of benzene rings is 1. The molecular weight excluding hydrogens is 198 g/mol. The zero-order valence-corrected chi connectivity index (χ0v) is 9.30. The molecule has 1 aromatic carbocycles. The van der Waals surface area contributed by atoms with Gasteiger partial charge in [0.05, 0.1) is 12.0 Å². The first-order chi connectivity index (χ1) is 6.65. The second-order valence-electron chi connectivity index (χ2n) is 3.44. The predicted octanol–water partition coefficient (Wildman–Crippen LogP) is 2.32. The molecule has 0 aliphatic rings. The molecule has 0 bridgehead atoms. The summed E-state index contributed by atoms with van der Waals surface area (Å²) in [7, 11) is 0. The monoisotopic (exact) mass is 213 g/mol. The first kappa shape index (κ1) is 11.3. The predicted molar refractivity (Wildman–Crippen MR) is 61.1 cm³/mol. The van der Waals surface area contributed by atoms with Gasteiger partial charge in [0.25, 0.3) is 0 Å². The maximum Gasteiger partial charge on any atom is 0.0847 e. The largest absolute Gasteiger partial charge is 0.390 e. The van der Waals surface area contributed by atoms with Gasteiger partial charge in [-0.25, -0.2) is 0 Å². The van der Waals surface area contributed by atoms with Crippen molar-refractivity contribution in [3.8, 4) is 0 Å². The van der Waals surface area contributed by atoms with Crippen molar-refractivity contribution in [1.82, 2.24) is 0 Å². The number of anilines is 1. The number of aryl methyl sites for hydroxylation is 1. The Bertz CT molecular complexity index is 301. The summed E-state index contributed by atoms with van der Waals surface area (Å²) in [5.41, 5.74) is 3.53. The van der Waals surface area contributed by atoms with Crippen LogP contribution in [0.15, 0.2) is 18.2 Å². The van der Waals surface area contributed by atoms with Crippen LogP contribution in [0, 0.1) is 13.8 Å². The Hall–Kier alpha value is -0.730. The minimum Gasteiger partial charge on any atom is -0.390 e. The molecule has 1 rings (SSSR count). The third-order valence-corrected chi connectivity index (χ3v) is 2.67. The number of halogens is 1. The lowest BCUT2D eigenvalue weighted by atomic mass is 10.1. The lowest BCUT2D eigenvalue weighted by molar-refractivity contribution is 0.211. The Morgan fingerprint density at radius 2 is 2.14 bits per heavy atom. The van der Waals surface area contributed by atoms with E-state index < -0.39 is 6.10 Å². The number of aliphatic hydroxyl groups excluding tert-OH is 1. The van der Waals surface area contributed by atoms with Crippen LogP contribution in [0.25, 0.3) is 0 Å². The molecule has 1 unspecified atom stereocenters. The van der Waals surface area contributed by atoms with Gasteiger partial charge in [-0.1, -0.05) is 12.1 Å². The van der Waals surface area contributed by atoms with Crippen LogP contribution >= 0.6 is 11.6 Å². The van der Waals surface area contributed by atoms with Crippen LogP contribution in [0.4, 0.5) is 5.69 Å². The molecule has 1 aromatic rings. The molecular formula is C11H16ClNO. The molecule has 0 heterocycles. The Kier molecular flexibility index (Phi) is 4.23. The normalized spacial score (nSPS) is 12.6. The van der Waals surface area contributed by atoms with E-state index in [0.29, 0.717) is 6.54 Å². The maximum atomic E-state index is 9.28. The maximum absolute atomic E-state index is 9.28. The van der Waals surface area contributed by atoms with Crippen LogP contribution in [-0.4, -0.2) is 23.6 Å². The highest BCUT2D eigenvalue weighted by Crippen LogP contribution is 2.17. The van der Waals surface area contributed by atoms with Crippen LogP contribution in [0.3, 0.4) is 0 Å². The number of rotatable bonds is 4. The molecule has 78 valence electrons. The molecule has 0 amide bonds. The summed E-state index contributed by atoms with van der Waals surface area (Å²) in [6, 6.07) is 6.07. The second-order valence-corrected chi connectivity index (χ2v) is 3.75. The van der Waals surface area contributed by atoms with E-state index in [-0.39, 0.29) is 5.88 Å². The Labute approximate surface area is 89.9 Å². The molecule has 0 fully saturated rings. The van der Waals surface area contributed by atoms with Crippen LogP contribution in [0.2, 0.25) is 0 Å². The van der Waals surface area contributed by atoms with Crippen molar-refractivity contribution < 1.29 is 5.11 Å². The van der Waals surface area contributed by atoms with E-state index in [9.17, 15) is 5.11 Å². The Morgan fingerprint density at radius 1 is 1.43 bits per heavy atom. The van der Waals surface area contributed by atoms with Crippen LogP contribution in [0.5, 0.6) is 0 Å². The molecule has 0 radical (unpaired) electrons. The minimum absolute atomic E-state index is 0.262. The first-order valence-corrected chi connectivity index (χ1v) is 5.22. The van der Waals surface area contributed by atoms with Crippen molar-refractivity contribution >= 4 is 17.3 Å². The number of aliphatic hydroxyl groups is 1. The van der Waals surface area contributed by atoms with Gasteiger partial charge in [-0.15, -0.1) is 11.6 Å². The number of hydrogen-bond donors (Lipinski definition) is 2. The SMILES string of the molecule is Cc1cccc(NCC(O)CCl)c1C. The molecule has 0 aliphatic heterocycles. The summed E-state index contributed by atoms with van der Waals surface area (Å²) < 4.78 is 0. The van der Waals surface area contributed by atoms with Gasteiger partial charge in [0.15, 0.2) is 0 Å². The smallest absolute Gasteiger partial charge is 0.0847 e. The Morgan fingerprint density at radius 3 is 2.79 bits per heavy atom. The molecule has 0 aromatic heterocycles. The number of hydrogen-bond acceptors (Lipinski definition) is 2. The van der Waals surface area contributed by atoms with E-state index in [1.165, 1.54) is 11.1 Å². The van der Waals surface area contributed by atoms with Crippen molar-refractivity contribution in [2.75, 3.05) is 17.7 Å². The van der Waals surface area contributed by atoms with Crippen molar-refractivity contribution in [1.29, 1.82) is 0 Å². The third-order valence-electron chi connectivity index (χ3n) is 2.31. The highest BCUT2D eigenvalue weighted by molar-refractivity contribution is 6.18. The third kappa shape index (κ3) is 2.89. The topological polar surface area (TPSA) is 32.3 Å². The van der Waals surface area contributed by atoms with Crippen LogP contribution in [-0.2, 0) is 0 Å². The van der Waals surface area contributed by atoms with Crippen molar-refractivity contribution in [3.05, 3.63) is 29.3 Å². The average molecular weight is 214 g/mol. The van der Waals surface area contributed by atoms with Gasteiger partial charge < -0.3 is 10.4 Å². The minimum atomic E-state index is -0.489. The fourth-order valence-corrected chi connectivity index (χ4v) is 1.33. The molecule has 0 saturated heterocycles. The van der Waals surface area contributed by atoms with Crippen molar-refractivity contribution in [2.45, 2.75) is 20.0 Å². The average Bonchev–Trinajstić information content (AvgIpc) is 2.20. The second kappa shape index (κ2) is 5.23. The van der Waals surface area contributed by atoms with E-state index in [1.54, 1.807) is 0 Å². The zero-order chi connectivity index (χ0) is 10.6. The zero-order valence-electron chi connectivity index (χ0n) is 8.55.